The number of rotatable bonds is 4. The number of hydrogen-bond acceptors (Lipinski definition) is 6. The monoisotopic (exact) mass is 360 g/mol. The van der Waals surface area contributed by atoms with Crippen LogP contribution in [-0.2, 0) is 14.3 Å². The lowest BCUT2D eigenvalue weighted by Gasteiger charge is -2.32. The van der Waals surface area contributed by atoms with Gasteiger partial charge >= 0.3 is 5.97 Å². The van der Waals surface area contributed by atoms with Crippen molar-refractivity contribution in [2.75, 3.05) is 14.2 Å². The molecule has 1 fully saturated rings. The molecule has 2 atom stereocenters. The van der Waals surface area contributed by atoms with Gasteiger partial charge in [0.1, 0.15) is 5.75 Å². The van der Waals surface area contributed by atoms with Crippen LogP contribution in [0.1, 0.15) is 31.9 Å². The molecule has 1 aromatic rings. The number of allylic oxidation sites excluding steroid dienone is 1. The molecule has 1 amide bonds. The number of ether oxygens (including phenoxy) is 2. The van der Waals surface area contributed by atoms with Crippen molar-refractivity contribution in [3.8, 4) is 5.75 Å². The average molecular weight is 360 g/mol. The Labute approximate surface area is 150 Å². The molecule has 0 N–H and O–H groups in total. The fourth-order valence-corrected chi connectivity index (χ4v) is 4.20. The summed E-state index contributed by atoms with van der Waals surface area (Å²) in [5.74, 6) is 0.210. The predicted octanol–water partition coefficient (Wildman–Crippen LogP) is 2.91. The quantitative estimate of drug-likeness (QED) is 0.772. The summed E-state index contributed by atoms with van der Waals surface area (Å²) in [7, 11) is 2.93. The van der Waals surface area contributed by atoms with E-state index >= 15 is 0 Å². The Bertz CT molecular complexity index is 770. The Balaban J connectivity index is 2.12. The van der Waals surface area contributed by atoms with Crippen LogP contribution in [0.15, 0.2) is 40.5 Å². The maximum Gasteiger partial charge on any atom is 0.338 e. The van der Waals surface area contributed by atoms with Crippen LogP contribution in [0.5, 0.6) is 5.75 Å². The molecule has 0 saturated carbocycles. The van der Waals surface area contributed by atoms with E-state index < -0.39 is 12.0 Å². The van der Waals surface area contributed by atoms with Gasteiger partial charge in [-0.15, -0.1) is 0 Å². The van der Waals surface area contributed by atoms with Crippen LogP contribution in [0.3, 0.4) is 0 Å². The molecule has 7 heteroatoms. The SMILES string of the molecule is CC[C@H]1SC2=NC(C)=C(C(=O)OC)[C@@H](c3ccc(OC)cc3)N2C1=O. The standard InChI is InChI=1S/C18H20N2O4S/c1-5-13-16(21)20-15(11-6-8-12(23-3)9-7-11)14(17(22)24-4)10(2)19-18(20)25-13/h6-9,13,15H,5H2,1-4H3/t13-,15-/m1/s1. The Morgan fingerprint density at radius 3 is 2.52 bits per heavy atom. The summed E-state index contributed by atoms with van der Waals surface area (Å²) in [4.78, 5) is 31.4. The van der Waals surface area contributed by atoms with Gasteiger partial charge in [0.2, 0.25) is 5.91 Å². The molecule has 2 heterocycles. The summed E-state index contributed by atoms with van der Waals surface area (Å²) in [6.45, 7) is 3.75. The second-order valence-corrected chi connectivity index (χ2v) is 6.95. The second kappa shape index (κ2) is 6.92. The number of benzene rings is 1. The average Bonchev–Trinajstić information content (AvgIpc) is 2.95. The molecular weight excluding hydrogens is 340 g/mol. The van der Waals surface area contributed by atoms with Crippen molar-refractivity contribution >= 4 is 28.8 Å². The molecule has 6 nitrogen and oxygen atoms in total. The lowest BCUT2D eigenvalue weighted by Crippen LogP contribution is -2.40. The van der Waals surface area contributed by atoms with Crippen molar-refractivity contribution in [2.24, 2.45) is 4.99 Å². The Morgan fingerprint density at radius 2 is 1.96 bits per heavy atom. The van der Waals surface area contributed by atoms with E-state index in [0.717, 1.165) is 5.56 Å². The first-order valence-corrected chi connectivity index (χ1v) is 8.91. The zero-order valence-corrected chi connectivity index (χ0v) is 15.4. The number of methoxy groups -OCH3 is 2. The first-order chi connectivity index (χ1) is 12.0. The molecule has 0 bridgehead atoms. The zero-order chi connectivity index (χ0) is 18.1. The van der Waals surface area contributed by atoms with E-state index in [2.05, 4.69) is 4.99 Å². The van der Waals surface area contributed by atoms with E-state index in [0.29, 0.717) is 28.6 Å². The lowest BCUT2D eigenvalue weighted by molar-refractivity contribution is -0.137. The van der Waals surface area contributed by atoms with Crippen LogP contribution in [0.2, 0.25) is 0 Å². The summed E-state index contributed by atoms with van der Waals surface area (Å²) in [6.07, 6.45) is 0.709. The lowest BCUT2D eigenvalue weighted by atomic mass is 9.94. The van der Waals surface area contributed by atoms with Gasteiger partial charge in [-0.1, -0.05) is 30.8 Å². The van der Waals surface area contributed by atoms with Crippen LogP contribution < -0.4 is 4.74 Å². The highest BCUT2D eigenvalue weighted by Gasteiger charge is 2.47. The second-order valence-electron chi connectivity index (χ2n) is 5.78. The number of hydrogen-bond donors (Lipinski definition) is 0. The van der Waals surface area contributed by atoms with Gasteiger partial charge in [0.05, 0.1) is 36.8 Å². The van der Waals surface area contributed by atoms with Gasteiger partial charge in [-0.25, -0.2) is 9.79 Å². The number of carbonyl (C=O) groups is 2. The third kappa shape index (κ3) is 2.93. The Kier molecular flexibility index (Phi) is 4.85. The van der Waals surface area contributed by atoms with Crippen LogP contribution in [0, 0.1) is 0 Å². The molecule has 3 rings (SSSR count). The van der Waals surface area contributed by atoms with E-state index in [-0.39, 0.29) is 11.2 Å². The largest absolute Gasteiger partial charge is 0.497 e. The highest BCUT2D eigenvalue weighted by molar-refractivity contribution is 8.15. The molecule has 0 aromatic heterocycles. The summed E-state index contributed by atoms with van der Waals surface area (Å²) in [5, 5.41) is 0.465. The van der Waals surface area contributed by atoms with Gasteiger partial charge < -0.3 is 9.47 Å². The van der Waals surface area contributed by atoms with Crippen LogP contribution >= 0.6 is 11.8 Å². The van der Waals surface area contributed by atoms with Gasteiger partial charge in [0.15, 0.2) is 5.17 Å². The van der Waals surface area contributed by atoms with E-state index in [1.165, 1.54) is 18.9 Å². The molecule has 0 aliphatic carbocycles. The first-order valence-electron chi connectivity index (χ1n) is 8.03. The maximum absolute atomic E-state index is 12.9. The topological polar surface area (TPSA) is 68.2 Å². The van der Waals surface area contributed by atoms with Crippen LogP contribution in [-0.4, -0.2) is 41.4 Å². The van der Waals surface area contributed by atoms with Crippen LogP contribution in [0.4, 0.5) is 0 Å². The number of fused-ring (bicyclic) bond motifs is 1. The third-order valence-electron chi connectivity index (χ3n) is 4.36. The number of nitrogens with zero attached hydrogens (tertiary/aromatic N) is 2. The fraction of sp³-hybridized carbons (Fsp3) is 0.389. The van der Waals surface area contributed by atoms with Crippen molar-refractivity contribution in [3.05, 3.63) is 41.1 Å². The van der Waals surface area contributed by atoms with E-state index in [9.17, 15) is 9.59 Å². The maximum atomic E-state index is 12.9. The van der Waals surface area contributed by atoms with Crippen molar-refractivity contribution in [1.29, 1.82) is 0 Å². The minimum Gasteiger partial charge on any atom is -0.497 e. The zero-order valence-electron chi connectivity index (χ0n) is 14.6. The van der Waals surface area contributed by atoms with Crippen molar-refractivity contribution in [2.45, 2.75) is 31.6 Å². The number of carbonyl (C=O) groups excluding carboxylic acids is 2. The third-order valence-corrected chi connectivity index (χ3v) is 5.68. The minimum atomic E-state index is -0.539. The molecule has 1 aromatic carbocycles. The normalized spacial score (nSPS) is 22.6. The summed E-state index contributed by atoms with van der Waals surface area (Å²) >= 11 is 1.45. The van der Waals surface area contributed by atoms with Crippen molar-refractivity contribution < 1.29 is 19.1 Å². The molecule has 25 heavy (non-hydrogen) atoms. The highest BCUT2D eigenvalue weighted by atomic mass is 32.2. The summed E-state index contributed by atoms with van der Waals surface area (Å²) in [5.41, 5.74) is 1.79. The smallest absolute Gasteiger partial charge is 0.338 e. The van der Waals surface area contributed by atoms with E-state index in [1.807, 2.05) is 31.2 Å². The molecular formula is C18H20N2O4S. The van der Waals surface area contributed by atoms with Crippen molar-refractivity contribution in [3.63, 3.8) is 0 Å². The van der Waals surface area contributed by atoms with Crippen molar-refractivity contribution in [1.82, 2.24) is 4.90 Å². The Morgan fingerprint density at radius 1 is 1.28 bits per heavy atom. The molecule has 0 unspecified atom stereocenters. The first kappa shape index (κ1) is 17.5. The summed E-state index contributed by atoms with van der Waals surface area (Å²) in [6, 6.07) is 6.81. The van der Waals surface area contributed by atoms with Gasteiger partial charge in [-0.05, 0) is 31.0 Å². The molecule has 0 radical (unpaired) electrons. The number of thioether (sulfide) groups is 1. The number of amidine groups is 1. The van der Waals surface area contributed by atoms with E-state index in [4.69, 9.17) is 9.47 Å². The highest BCUT2D eigenvalue weighted by Crippen LogP contribution is 2.44. The van der Waals surface area contributed by atoms with E-state index in [1.54, 1.807) is 18.9 Å². The van der Waals surface area contributed by atoms with Gasteiger partial charge in [-0.2, -0.15) is 0 Å². The molecule has 2 aliphatic rings. The van der Waals surface area contributed by atoms with Gasteiger partial charge in [0, 0.05) is 0 Å². The number of amides is 1. The molecule has 2 aliphatic heterocycles. The summed E-state index contributed by atoms with van der Waals surface area (Å²) < 4.78 is 10.2. The molecule has 1 saturated heterocycles. The fourth-order valence-electron chi connectivity index (χ4n) is 3.06. The van der Waals surface area contributed by atoms with Gasteiger partial charge in [0.25, 0.3) is 0 Å². The predicted molar refractivity (Wildman–Crippen MR) is 96.4 cm³/mol. The van der Waals surface area contributed by atoms with Gasteiger partial charge in [-0.3, -0.25) is 9.69 Å². The van der Waals surface area contributed by atoms with Crippen LogP contribution in [0.25, 0.3) is 0 Å². The number of esters is 1. The molecule has 0 spiro atoms. The minimum absolute atomic E-state index is 0.0269. The Hall–Kier alpha value is -2.28. The number of aliphatic imine (C=N–C) groups is 1. The molecule has 132 valence electrons.